The van der Waals surface area contributed by atoms with E-state index in [-0.39, 0.29) is 11.8 Å². The Kier molecular flexibility index (Phi) is 4.17. The van der Waals surface area contributed by atoms with Gasteiger partial charge in [0.1, 0.15) is 11.5 Å². The third kappa shape index (κ3) is 3.00. The highest BCUT2D eigenvalue weighted by atomic mass is 32.1. The van der Waals surface area contributed by atoms with E-state index in [0.717, 1.165) is 11.3 Å². The Hall–Kier alpha value is -1.59. The van der Waals surface area contributed by atoms with Crippen molar-refractivity contribution in [3.8, 4) is 11.5 Å². The summed E-state index contributed by atoms with van der Waals surface area (Å²) in [5.41, 5.74) is 3.68. The summed E-state index contributed by atoms with van der Waals surface area (Å²) >= 11 is 1.58. The molecule has 0 aliphatic rings. The predicted molar refractivity (Wildman–Crippen MR) is 72.0 cm³/mol. The zero-order chi connectivity index (χ0) is 13.0. The molecule has 1 aromatic carbocycles. The molecule has 2 aromatic rings. The predicted octanol–water partition coefficient (Wildman–Crippen LogP) is 2.71. The van der Waals surface area contributed by atoms with Crippen molar-refractivity contribution in [2.45, 2.75) is 19.5 Å². The highest BCUT2D eigenvalue weighted by Crippen LogP contribution is 2.28. The van der Waals surface area contributed by atoms with Crippen LogP contribution in [0.25, 0.3) is 0 Å². The maximum atomic E-state index is 9.92. The number of hydrogen-bond acceptors (Lipinski definition) is 5. The average Bonchev–Trinajstić information content (AvgIpc) is 2.88. The molecule has 18 heavy (non-hydrogen) atoms. The van der Waals surface area contributed by atoms with E-state index in [1.807, 2.05) is 29.9 Å². The number of hydrogen-bond donors (Lipinski definition) is 2. The number of benzene rings is 1. The van der Waals surface area contributed by atoms with Crippen molar-refractivity contribution >= 4 is 11.3 Å². The fraction of sp³-hybridized carbons (Fsp3) is 0.308. The molecule has 0 saturated heterocycles. The second kappa shape index (κ2) is 5.84. The van der Waals surface area contributed by atoms with E-state index in [2.05, 4.69) is 10.3 Å². The summed E-state index contributed by atoms with van der Waals surface area (Å²) in [6.07, 6.45) is 0. The molecule has 1 unspecified atom stereocenters. The molecular weight excluding hydrogens is 248 g/mol. The fourth-order valence-electron chi connectivity index (χ4n) is 1.71. The molecule has 0 aliphatic heterocycles. The Morgan fingerprint density at radius 1 is 1.50 bits per heavy atom. The number of thiazole rings is 1. The smallest absolute Gasteiger partial charge is 0.124 e. The van der Waals surface area contributed by atoms with Crippen LogP contribution in [0.15, 0.2) is 29.1 Å². The van der Waals surface area contributed by atoms with Gasteiger partial charge in [0.05, 0.1) is 18.3 Å². The molecule has 0 spiro atoms. The van der Waals surface area contributed by atoms with Gasteiger partial charge in [0.15, 0.2) is 0 Å². The van der Waals surface area contributed by atoms with Crippen LogP contribution in [-0.2, 0) is 6.54 Å². The Bertz CT molecular complexity index is 500. The van der Waals surface area contributed by atoms with E-state index in [9.17, 15) is 5.11 Å². The maximum absolute atomic E-state index is 9.92. The second-order valence-electron chi connectivity index (χ2n) is 4.01. The summed E-state index contributed by atoms with van der Waals surface area (Å²) in [5, 5.41) is 15.2. The van der Waals surface area contributed by atoms with Crippen LogP contribution in [-0.4, -0.2) is 17.2 Å². The summed E-state index contributed by atoms with van der Waals surface area (Å²) in [6.45, 7) is 2.70. The second-order valence-corrected chi connectivity index (χ2v) is 4.73. The number of nitrogens with one attached hydrogen (secondary N) is 1. The van der Waals surface area contributed by atoms with Gasteiger partial charge in [-0.2, -0.15) is 0 Å². The van der Waals surface area contributed by atoms with Crippen molar-refractivity contribution in [3.05, 3.63) is 40.3 Å². The van der Waals surface area contributed by atoms with Crippen LogP contribution in [0.4, 0.5) is 0 Å². The minimum absolute atomic E-state index is 0.0533. The van der Waals surface area contributed by atoms with Crippen LogP contribution >= 0.6 is 11.3 Å². The average molecular weight is 264 g/mol. The number of methoxy groups -OCH3 is 1. The summed E-state index contributed by atoms with van der Waals surface area (Å²) in [6, 6.07) is 5.39. The van der Waals surface area contributed by atoms with Crippen molar-refractivity contribution in [1.82, 2.24) is 10.3 Å². The first-order valence-corrected chi connectivity index (χ1v) is 6.62. The number of phenolic OH excluding ortho intramolecular Hbond substituents is 1. The Labute approximate surface area is 110 Å². The Morgan fingerprint density at radius 2 is 2.33 bits per heavy atom. The molecule has 2 N–H and O–H groups in total. The molecule has 1 heterocycles. The fourth-order valence-corrected chi connectivity index (χ4v) is 2.27. The summed E-state index contributed by atoms with van der Waals surface area (Å²) in [4.78, 5) is 4.21. The normalized spacial score (nSPS) is 12.3. The van der Waals surface area contributed by atoms with Gasteiger partial charge in [-0.3, -0.25) is 0 Å². The quantitative estimate of drug-likeness (QED) is 0.872. The monoisotopic (exact) mass is 264 g/mol. The van der Waals surface area contributed by atoms with Crippen molar-refractivity contribution < 1.29 is 9.84 Å². The molecule has 0 radical (unpaired) electrons. The van der Waals surface area contributed by atoms with E-state index >= 15 is 0 Å². The molecule has 0 aliphatic carbocycles. The molecule has 1 aromatic heterocycles. The van der Waals surface area contributed by atoms with E-state index < -0.39 is 0 Å². The standard InChI is InChI=1S/C13H16N2O2S/c1-9(14-6-10-7-18-8-15-10)12-4-3-11(17-2)5-13(12)16/h3-5,7-9,14,16H,6H2,1-2H3. The van der Waals surface area contributed by atoms with Gasteiger partial charge in [0, 0.05) is 29.6 Å². The topological polar surface area (TPSA) is 54.4 Å². The van der Waals surface area contributed by atoms with Crippen molar-refractivity contribution in [1.29, 1.82) is 0 Å². The third-order valence-electron chi connectivity index (χ3n) is 2.78. The van der Waals surface area contributed by atoms with Crippen LogP contribution in [0.5, 0.6) is 11.5 Å². The molecule has 0 amide bonds. The summed E-state index contributed by atoms with van der Waals surface area (Å²) in [7, 11) is 1.58. The number of phenols is 1. The van der Waals surface area contributed by atoms with Crippen LogP contribution in [0.3, 0.4) is 0 Å². The third-order valence-corrected chi connectivity index (χ3v) is 3.41. The molecule has 1 atom stereocenters. The SMILES string of the molecule is COc1ccc(C(C)NCc2cscn2)c(O)c1. The minimum atomic E-state index is 0.0533. The highest BCUT2D eigenvalue weighted by Gasteiger charge is 2.11. The van der Waals surface area contributed by atoms with Crippen molar-refractivity contribution in [3.63, 3.8) is 0 Å². The van der Waals surface area contributed by atoms with Gasteiger partial charge >= 0.3 is 0 Å². The maximum Gasteiger partial charge on any atom is 0.124 e. The number of aromatic hydroxyl groups is 1. The van der Waals surface area contributed by atoms with Crippen molar-refractivity contribution in [2.75, 3.05) is 7.11 Å². The lowest BCUT2D eigenvalue weighted by molar-refractivity contribution is 0.404. The molecule has 2 rings (SSSR count). The van der Waals surface area contributed by atoms with E-state index in [4.69, 9.17) is 4.74 Å². The van der Waals surface area contributed by atoms with Crippen LogP contribution in [0, 0.1) is 0 Å². The lowest BCUT2D eigenvalue weighted by atomic mass is 10.1. The van der Waals surface area contributed by atoms with Gasteiger partial charge in [0.2, 0.25) is 0 Å². The molecule has 5 heteroatoms. The highest BCUT2D eigenvalue weighted by molar-refractivity contribution is 7.07. The summed E-state index contributed by atoms with van der Waals surface area (Å²) in [5.74, 6) is 0.899. The van der Waals surface area contributed by atoms with Gasteiger partial charge < -0.3 is 15.2 Å². The number of ether oxygens (including phenoxy) is 1. The number of nitrogens with zero attached hydrogens (tertiary/aromatic N) is 1. The van der Waals surface area contributed by atoms with E-state index in [1.54, 1.807) is 24.5 Å². The van der Waals surface area contributed by atoms with Crippen LogP contribution in [0.2, 0.25) is 0 Å². The Morgan fingerprint density at radius 3 is 2.94 bits per heavy atom. The minimum Gasteiger partial charge on any atom is -0.507 e. The molecule has 0 saturated carbocycles. The summed E-state index contributed by atoms with van der Waals surface area (Å²) < 4.78 is 5.06. The lowest BCUT2D eigenvalue weighted by Crippen LogP contribution is -2.18. The van der Waals surface area contributed by atoms with Gasteiger partial charge in [0.25, 0.3) is 0 Å². The first kappa shape index (κ1) is 12.9. The van der Waals surface area contributed by atoms with Gasteiger partial charge in [-0.05, 0) is 13.0 Å². The largest absolute Gasteiger partial charge is 0.507 e. The molecular formula is C13H16N2O2S. The van der Waals surface area contributed by atoms with E-state index in [0.29, 0.717) is 12.3 Å². The van der Waals surface area contributed by atoms with Crippen LogP contribution in [0.1, 0.15) is 24.2 Å². The lowest BCUT2D eigenvalue weighted by Gasteiger charge is -2.15. The number of aromatic nitrogens is 1. The molecule has 4 nitrogen and oxygen atoms in total. The first-order chi connectivity index (χ1) is 8.70. The zero-order valence-electron chi connectivity index (χ0n) is 10.4. The van der Waals surface area contributed by atoms with Gasteiger partial charge in [-0.15, -0.1) is 11.3 Å². The number of rotatable bonds is 5. The molecule has 96 valence electrons. The van der Waals surface area contributed by atoms with Crippen molar-refractivity contribution in [2.24, 2.45) is 0 Å². The first-order valence-electron chi connectivity index (χ1n) is 5.68. The zero-order valence-corrected chi connectivity index (χ0v) is 11.2. The van der Waals surface area contributed by atoms with E-state index in [1.165, 1.54) is 0 Å². The molecule has 0 bridgehead atoms. The van der Waals surface area contributed by atoms with Gasteiger partial charge in [-0.1, -0.05) is 6.07 Å². The molecule has 0 fully saturated rings. The Balaban J connectivity index is 2.02. The van der Waals surface area contributed by atoms with Gasteiger partial charge in [-0.25, -0.2) is 4.98 Å². The van der Waals surface area contributed by atoms with Crippen LogP contribution < -0.4 is 10.1 Å².